The van der Waals surface area contributed by atoms with Gasteiger partial charge in [0.05, 0.1) is 58.4 Å². The quantitative estimate of drug-likeness (QED) is 0.0934. The maximum Gasteiger partial charge on any atom is 0.411 e. The van der Waals surface area contributed by atoms with E-state index >= 15 is 0 Å². The summed E-state index contributed by atoms with van der Waals surface area (Å²) in [4.78, 5) is 36.7. The zero-order valence-electron chi connectivity index (χ0n) is 22.2. The molecule has 0 saturated carbocycles. The third-order valence-electron chi connectivity index (χ3n) is 4.69. The molecule has 1 rings (SSSR count). The maximum absolute atomic E-state index is 12.2. The number of carbonyl (C=O) groups excluding carboxylic acids is 3. The van der Waals surface area contributed by atoms with Gasteiger partial charge in [-0.3, -0.25) is 16.0 Å². The zero-order chi connectivity index (χ0) is 28.6. The van der Waals surface area contributed by atoms with Crippen molar-refractivity contribution < 1.29 is 42.8 Å². The summed E-state index contributed by atoms with van der Waals surface area (Å²) in [6.07, 6.45) is 5.86. The minimum atomic E-state index is -0.698. The van der Waals surface area contributed by atoms with Crippen molar-refractivity contribution in [3.8, 4) is 0 Å². The van der Waals surface area contributed by atoms with Crippen LogP contribution in [0.25, 0.3) is 0 Å². The minimum absolute atomic E-state index is 0.184. The van der Waals surface area contributed by atoms with Gasteiger partial charge in [-0.2, -0.15) is 0 Å². The van der Waals surface area contributed by atoms with Crippen molar-refractivity contribution >= 4 is 35.3 Å². The highest BCUT2D eigenvalue weighted by Crippen LogP contribution is 2.24. The molecule has 216 valence electrons. The average Bonchev–Trinajstić information content (AvgIpc) is 2.90. The third-order valence-corrected chi connectivity index (χ3v) is 4.69. The lowest BCUT2D eigenvalue weighted by molar-refractivity contribution is 0.153. The van der Waals surface area contributed by atoms with Crippen molar-refractivity contribution in [3.05, 3.63) is 56.7 Å². The summed E-state index contributed by atoms with van der Waals surface area (Å²) >= 11 is 0. The molecule has 0 aliphatic carbocycles. The lowest BCUT2D eigenvalue weighted by Crippen LogP contribution is -2.18. The van der Waals surface area contributed by atoms with E-state index in [1.807, 2.05) is 0 Å². The molecule has 12 heteroatoms. The van der Waals surface area contributed by atoms with E-state index in [4.69, 9.17) is 28.4 Å². The molecule has 0 atom stereocenters. The first kappa shape index (κ1) is 32.7. The monoisotopic (exact) mass is 549 g/mol. The Morgan fingerprint density at radius 2 is 0.769 bits per heavy atom. The summed E-state index contributed by atoms with van der Waals surface area (Å²) in [5, 5.41) is 7.73. The van der Waals surface area contributed by atoms with Gasteiger partial charge in [0.15, 0.2) is 0 Å². The number of nitrogens with one attached hydrogen (secondary N) is 3. The fourth-order valence-corrected chi connectivity index (χ4v) is 2.91. The van der Waals surface area contributed by atoms with E-state index in [-0.39, 0.29) is 36.9 Å². The van der Waals surface area contributed by atoms with E-state index in [0.29, 0.717) is 58.3 Å². The highest BCUT2D eigenvalue weighted by atomic mass is 16.6. The normalized spacial score (nSPS) is 9.85. The molecule has 1 aromatic carbocycles. The van der Waals surface area contributed by atoms with Crippen LogP contribution in [0.4, 0.5) is 31.4 Å². The van der Waals surface area contributed by atoms with Gasteiger partial charge in [0.1, 0.15) is 0 Å². The second-order valence-electron chi connectivity index (χ2n) is 7.82. The fourth-order valence-electron chi connectivity index (χ4n) is 2.91. The third kappa shape index (κ3) is 17.7. The molecule has 12 nitrogen and oxygen atoms in total. The van der Waals surface area contributed by atoms with Crippen LogP contribution in [-0.2, 0) is 28.4 Å². The molecule has 39 heavy (non-hydrogen) atoms. The Balaban J connectivity index is 2.70. The highest BCUT2D eigenvalue weighted by Gasteiger charge is 2.12. The first-order valence-electron chi connectivity index (χ1n) is 12.6. The summed E-state index contributed by atoms with van der Waals surface area (Å²) in [5.74, 6) is 0. The van der Waals surface area contributed by atoms with Gasteiger partial charge in [-0.1, -0.05) is 19.7 Å². The van der Waals surface area contributed by atoms with Gasteiger partial charge in [-0.15, -0.1) is 0 Å². The van der Waals surface area contributed by atoms with Crippen LogP contribution >= 0.6 is 0 Å². The smallest absolute Gasteiger partial charge is 0.411 e. The van der Waals surface area contributed by atoms with Crippen molar-refractivity contribution in [2.45, 2.75) is 38.5 Å². The van der Waals surface area contributed by atoms with Crippen LogP contribution in [0.15, 0.2) is 56.7 Å². The van der Waals surface area contributed by atoms with Gasteiger partial charge in [-0.25, -0.2) is 14.4 Å². The van der Waals surface area contributed by atoms with Crippen LogP contribution < -0.4 is 16.0 Å². The Morgan fingerprint density at radius 3 is 1.03 bits per heavy atom. The molecule has 0 aliphatic heterocycles. The number of anilines is 3. The number of unbranched alkanes of at least 4 members (excludes halogenated alkanes) is 3. The zero-order valence-corrected chi connectivity index (χ0v) is 22.2. The van der Waals surface area contributed by atoms with E-state index in [1.165, 1.54) is 37.0 Å². The van der Waals surface area contributed by atoms with Gasteiger partial charge in [0.25, 0.3) is 0 Å². The van der Waals surface area contributed by atoms with Crippen LogP contribution in [0.1, 0.15) is 38.5 Å². The first-order valence-corrected chi connectivity index (χ1v) is 12.6. The van der Waals surface area contributed by atoms with E-state index in [9.17, 15) is 14.4 Å². The summed E-state index contributed by atoms with van der Waals surface area (Å²) in [6.45, 7) is 12.4. The molecule has 0 spiro atoms. The van der Waals surface area contributed by atoms with E-state index in [0.717, 1.165) is 0 Å². The molecule has 0 bridgehead atoms. The second kappa shape index (κ2) is 21.7. The molecule has 3 N–H and O–H groups in total. The molecule has 0 heterocycles. The van der Waals surface area contributed by atoms with Gasteiger partial charge < -0.3 is 28.4 Å². The van der Waals surface area contributed by atoms with Crippen LogP contribution in [-0.4, -0.2) is 57.9 Å². The predicted octanol–water partition coefficient (Wildman–Crippen LogP) is 6.15. The van der Waals surface area contributed by atoms with E-state index in [1.54, 1.807) is 0 Å². The summed E-state index contributed by atoms with van der Waals surface area (Å²) < 4.78 is 30.6. The topological polar surface area (TPSA) is 143 Å². The summed E-state index contributed by atoms with van der Waals surface area (Å²) in [7, 11) is 0. The minimum Gasteiger partial charge on any atom is -0.502 e. The first-order chi connectivity index (χ1) is 19.0. The van der Waals surface area contributed by atoms with Crippen molar-refractivity contribution in [1.82, 2.24) is 0 Å². The summed E-state index contributed by atoms with van der Waals surface area (Å²) in [5.41, 5.74) is 0.809. The van der Waals surface area contributed by atoms with Gasteiger partial charge >= 0.3 is 18.3 Å². The van der Waals surface area contributed by atoms with E-state index in [2.05, 4.69) is 35.7 Å². The van der Waals surface area contributed by atoms with Gasteiger partial charge in [0.2, 0.25) is 0 Å². The standard InChI is InChI=1S/C27H39N3O9/c1-4-34-13-7-10-16-37-25(31)28-22-19-23(29-26(32)38-17-11-8-14-35-5-2)21-24(20-22)30-27(33)39-18-12-9-15-36-6-3/h4-6,19-21H,1-3,7-18H2,(H,28,31)(H,29,32)(H,30,33). The van der Waals surface area contributed by atoms with Crippen LogP contribution in [0, 0.1) is 0 Å². The number of benzene rings is 1. The molecule has 1 aromatic rings. The number of rotatable bonds is 21. The molecule has 0 unspecified atom stereocenters. The maximum atomic E-state index is 12.2. The predicted molar refractivity (Wildman–Crippen MR) is 148 cm³/mol. The second-order valence-corrected chi connectivity index (χ2v) is 7.82. The van der Waals surface area contributed by atoms with Crippen LogP contribution in [0.5, 0.6) is 0 Å². The summed E-state index contributed by atoms with van der Waals surface area (Å²) in [6, 6.07) is 4.48. The molecule has 0 radical (unpaired) electrons. The number of carbonyl (C=O) groups is 3. The molecule has 0 saturated heterocycles. The molecular formula is C27H39N3O9. The van der Waals surface area contributed by atoms with Crippen LogP contribution in [0.3, 0.4) is 0 Å². The molecule has 0 fully saturated rings. The van der Waals surface area contributed by atoms with Crippen molar-refractivity contribution in [1.29, 1.82) is 0 Å². The lowest BCUT2D eigenvalue weighted by atomic mass is 10.2. The number of amides is 3. The number of hydrogen-bond acceptors (Lipinski definition) is 9. The largest absolute Gasteiger partial charge is 0.502 e. The van der Waals surface area contributed by atoms with Crippen molar-refractivity contribution in [2.24, 2.45) is 0 Å². The fraction of sp³-hybridized carbons (Fsp3) is 0.444. The van der Waals surface area contributed by atoms with E-state index < -0.39 is 18.3 Å². The highest BCUT2D eigenvalue weighted by molar-refractivity contribution is 5.93. The Kier molecular flexibility index (Phi) is 18.2. The lowest BCUT2D eigenvalue weighted by Gasteiger charge is -2.13. The Hall–Kier alpha value is -4.35. The Bertz CT molecular complexity index is 782. The van der Waals surface area contributed by atoms with Crippen molar-refractivity contribution in [3.63, 3.8) is 0 Å². The molecule has 0 aliphatic rings. The van der Waals surface area contributed by atoms with Gasteiger partial charge in [0, 0.05) is 17.1 Å². The average molecular weight is 550 g/mol. The molecule has 0 aromatic heterocycles. The molecule has 3 amide bonds. The van der Waals surface area contributed by atoms with Crippen molar-refractivity contribution in [2.75, 3.05) is 55.6 Å². The number of hydrogen-bond donors (Lipinski definition) is 3. The Labute approximate surface area is 229 Å². The number of ether oxygens (including phenoxy) is 6. The Morgan fingerprint density at radius 1 is 0.513 bits per heavy atom. The SMILES string of the molecule is C=COCCCCOC(=O)Nc1cc(NC(=O)OCCCCOC=C)cc(NC(=O)OCCCCOC=C)c1. The molecular weight excluding hydrogens is 510 g/mol. The van der Waals surface area contributed by atoms with Gasteiger partial charge in [-0.05, 0) is 56.7 Å². The van der Waals surface area contributed by atoms with Crippen LogP contribution in [0.2, 0.25) is 0 Å².